The number of allylic oxidation sites excluding steroid dienone is 3. The summed E-state index contributed by atoms with van der Waals surface area (Å²) in [7, 11) is 0. The van der Waals surface area contributed by atoms with Crippen LogP contribution in [0.3, 0.4) is 0 Å². The second-order valence-electron chi connectivity index (χ2n) is 6.32. The first-order valence-electron chi connectivity index (χ1n) is 7.49. The molecule has 1 aromatic heterocycles. The molecule has 1 aromatic carbocycles. The predicted octanol–water partition coefficient (Wildman–Crippen LogP) is 5.36. The zero-order valence-corrected chi connectivity index (χ0v) is 14.3. The first kappa shape index (κ1) is 15.5. The quantitative estimate of drug-likeness (QED) is 0.732. The van der Waals surface area contributed by atoms with Crippen molar-refractivity contribution in [2.75, 3.05) is 0 Å². The smallest absolute Gasteiger partial charge is 0.0716 e. The van der Waals surface area contributed by atoms with E-state index >= 15 is 0 Å². The van der Waals surface area contributed by atoms with Crippen LogP contribution in [-0.4, -0.2) is 5.71 Å². The summed E-state index contributed by atoms with van der Waals surface area (Å²) in [4.78, 5) is 1.08. The number of hydrogen-bond donors (Lipinski definition) is 2. The van der Waals surface area contributed by atoms with Crippen LogP contribution in [0.2, 0.25) is 0 Å². The molecule has 3 N–H and O–H groups in total. The fourth-order valence-corrected chi connectivity index (χ4v) is 4.23. The van der Waals surface area contributed by atoms with E-state index in [0.29, 0.717) is 11.4 Å². The second-order valence-corrected chi connectivity index (χ2v) is 7.38. The maximum absolute atomic E-state index is 8.68. The average molecular weight is 320 g/mol. The summed E-state index contributed by atoms with van der Waals surface area (Å²) >= 11 is 1.65. The first-order chi connectivity index (χ1) is 10.9. The Morgan fingerprint density at radius 1 is 1.22 bits per heavy atom. The van der Waals surface area contributed by atoms with Crippen molar-refractivity contribution < 1.29 is 0 Å². The van der Waals surface area contributed by atoms with E-state index in [1.807, 2.05) is 30.4 Å². The number of benzene rings is 1. The Morgan fingerprint density at radius 2 is 1.96 bits per heavy atom. The number of rotatable bonds is 4. The molecule has 0 bridgehead atoms. The Hall–Kier alpha value is -2.39. The van der Waals surface area contributed by atoms with Gasteiger partial charge in [-0.15, -0.1) is 11.3 Å². The molecule has 0 saturated carbocycles. The monoisotopic (exact) mass is 320 g/mol. The summed E-state index contributed by atoms with van der Waals surface area (Å²) in [6.07, 6.45) is 7.78. The van der Waals surface area contributed by atoms with E-state index in [1.165, 1.54) is 0 Å². The fourth-order valence-electron chi connectivity index (χ4n) is 3.05. The number of nitrogens with one attached hydrogen (secondary N) is 1. The van der Waals surface area contributed by atoms with Gasteiger partial charge in [0, 0.05) is 37.2 Å². The molecule has 3 heteroatoms. The van der Waals surface area contributed by atoms with E-state index in [4.69, 9.17) is 11.1 Å². The van der Waals surface area contributed by atoms with E-state index in [0.717, 1.165) is 31.7 Å². The Labute approximate surface area is 140 Å². The van der Waals surface area contributed by atoms with Gasteiger partial charge in [0.1, 0.15) is 0 Å². The lowest BCUT2D eigenvalue weighted by atomic mass is 9.94. The molecule has 3 rings (SSSR count). The number of hydrogen-bond acceptors (Lipinski definition) is 3. The molecule has 23 heavy (non-hydrogen) atoms. The normalized spacial score (nSPS) is 16.1. The van der Waals surface area contributed by atoms with E-state index in [9.17, 15) is 0 Å². The fraction of sp³-hybridized carbons (Fsp3) is 0.150. The van der Waals surface area contributed by atoms with Crippen molar-refractivity contribution in [3.05, 3.63) is 70.8 Å². The second kappa shape index (κ2) is 5.36. The molecule has 0 atom stereocenters. The van der Waals surface area contributed by atoms with Crippen molar-refractivity contribution in [2.24, 2.45) is 11.1 Å². The van der Waals surface area contributed by atoms with Crippen molar-refractivity contribution >= 4 is 39.3 Å². The van der Waals surface area contributed by atoms with Gasteiger partial charge in [0.15, 0.2) is 0 Å². The van der Waals surface area contributed by atoms with Crippen LogP contribution >= 0.6 is 11.3 Å². The van der Waals surface area contributed by atoms with Crippen LogP contribution in [0.25, 0.3) is 22.2 Å². The largest absolute Gasteiger partial charge is 0.398 e. The van der Waals surface area contributed by atoms with Gasteiger partial charge in [-0.2, -0.15) is 0 Å². The Kier molecular flexibility index (Phi) is 3.61. The highest BCUT2D eigenvalue weighted by molar-refractivity contribution is 7.20. The summed E-state index contributed by atoms with van der Waals surface area (Å²) in [5.41, 5.74) is 10.0. The molecule has 0 aliphatic heterocycles. The minimum Gasteiger partial charge on any atom is -0.398 e. The maximum atomic E-state index is 8.68. The molecule has 2 nitrogen and oxygen atoms in total. The van der Waals surface area contributed by atoms with Gasteiger partial charge in [0.2, 0.25) is 0 Å². The van der Waals surface area contributed by atoms with Crippen LogP contribution in [0.1, 0.15) is 29.9 Å². The van der Waals surface area contributed by atoms with Crippen molar-refractivity contribution in [1.82, 2.24) is 0 Å². The van der Waals surface area contributed by atoms with Gasteiger partial charge in [-0.3, -0.25) is 5.41 Å². The molecule has 0 unspecified atom stereocenters. The summed E-state index contributed by atoms with van der Waals surface area (Å²) in [5.74, 6) is 0. The standard InChI is InChI=1S/C20H20N2S/c1-5-12-13-8-7-9-14(19(13)23-17(12)6-2)18(22)15-10-20(3,4)11-16(15)21/h5-11,22H,1-2,21H2,3-4H3. The zero-order valence-electron chi connectivity index (χ0n) is 13.4. The molecule has 1 aliphatic rings. The lowest BCUT2D eigenvalue weighted by molar-refractivity contribution is 0.634. The summed E-state index contributed by atoms with van der Waals surface area (Å²) in [5, 5.41) is 9.79. The molecule has 0 saturated heterocycles. The Balaban J connectivity index is 2.20. The van der Waals surface area contributed by atoms with Gasteiger partial charge in [-0.05, 0) is 5.56 Å². The number of fused-ring (bicyclic) bond motifs is 1. The lowest BCUT2D eigenvalue weighted by Crippen LogP contribution is -2.09. The van der Waals surface area contributed by atoms with Crippen LogP contribution in [-0.2, 0) is 0 Å². The highest BCUT2D eigenvalue weighted by Crippen LogP contribution is 2.38. The Bertz CT molecular complexity index is 907. The molecule has 0 amide bonds. The minimum atomic E-state index is -0.104. The summed E-state index contributed by atoms with van der Waals surface area (Å²) in [6.45, 7) is 12.0. The van der Waals surface area contributed by atoms with Crippen molar-refractivity contribution in [3.8, 4) is 0 Å². The molecule has 0 spiro atoms. The Morgan fingerprint density at radius 3 is 2.52 bits per heavy atom. The molecule has 1 heterocycles. The molecular weight excluding hydrogens is 300 g/mol. The average Bonchev–Trinajstić information content (AvgIpc) is 3.01. The van der Waals surface area contributed by atoms with Gasteiger partial charge in [-0.25, -0.2) is 0 Å². The third-order valence-electron chi connectivity index (χ3n) is 4.07. The molecule has 1 aliphatic carbocycles. The van der Waals surface area contributed by atoms with Crippen LogP contribution in [0.5, 0.6) is 0 Å². The molecular formula is C20H20N2S. The van der Waals surface area contributed by atoms with E-state index in [2.05, 4.69) is 39.1 Å². The summed E-state index contributed by atoms with van der Waals surface area (Å²) in [6, 6.07) is 6.04. The molecule has 116 valence electrons. The maximum Gasteiger partial charge on any atom is 0.0716 e. The lowest BCUT2D eigenvalue weighted by Gasteiger charge is -2.10. The highest BCUT2D eigenvalue weighted by atomic mass is 32.1. The van der Waals surface area contributed by atoms with Gasteiger partial charge in [0.05, 0.1) is 5.71 Å². The van der Waals surface area contributed by atoms with Crippen LogP contribution < -0.4 is 5.73 Å². The topological polar surface area (TPSA) is 49.9 Å². The van der Waals surface area contributed by atoms with E-state index in [1.54, 1.807) is 11.3 Å². The zero-order chi connectivity index (χ0) is 16.8. The van der Waals surface area contributed by atoms with Gasteiger partial charge in [-0.1, -0.05) is 69.5 Å². The third kappa shape index (κ3) is 2.47. The molecule has 0 fully saturated rings. The minimum absolute atomic E-state index is 0.104. The number of nitrogens with two attached hydrogens (primary N) is 1. The van der Waals surface area contributed by atoms with Crippen molar-refractivity contribution in [3.63, 3.8) is 0 Å². The third-order valence-corrected chi connectivity index (χ3v) is 5.32. The van der Waals surface area contributed by atoms with Crippen LogP contribution in [0, 0.1) is 10.8 Å². The number of thiophene rings is 1. The van der Waals surface area contributed by atoms with Crippen molar-refractivity contribution in [2.45, 2.75) is 13.8 Å². The van der Waals surface area contributed by atoms with E-state index in [-0.39, 0.29) is 5.41 Å². The SMILES string of the molecule is C=Cc1sc2c(C(=N)C3=CC(C)(C)C=C3N)cccc2c1C=C. The van der Waals surface area contributed by atoms with Gasteiger partial charge >= 0.3 is 0 Å². The molecule has 0 radical (unpaired) electrons. The highest BCUT2D eigenvalue weighted by Gasteiger charge is 2.26. The van der Waals surface area contributed by atoms with Gasteiger partial charge < -0.3 is 5.73 Å². The van der Waals surface area contributed by atoms with Crippen molar-refractivity contribution in [1.29, 1.82) is 5.41 Å². The van der Waals surface area contributed by atoms with Gasteiger partial charge in [0.25, 0.3) is 0 Å². The summed E-state index contributed by atoms with van der Waals surface area (Å²) < 4.78 is 1.08. The van der Waals surface area contributed by atoms with Crippen LogP contribution in [0.4, 0.5) is 0 Å². The predicted molar refractivity (Wildman–Crippen MR) is 103 cm³/mol. The molecule has 2 aromatic rings. The van der Waals surface area contributed by atoms with Crippen LogP contribution in [0.15, 0.2) is 54.8 Å². The van der Waals surface area contributed by atoms with E-state index < -0.39 is 0 Å². The first-order valence-corrected chi connectivity index (χ1v) is 8.31.